The van der Waals surface area contributed by atoms with Crippen LogP contribution in [-0.2, 0) is 4.79 Å². The van der Waals surface area contributed by atoms with Crippen LogP contribution >= 0.6 is 11.8 Å². The van der Waals surface area contributed by atoms with Crippen LogP contribution in [0.4, 0.5) is 5.69 Å². The van der Waals surface area contributed by atoms with Gasteiger partial charge >= 0.3 is 0 Å². The quantitative estimate of drug-likeness (QED) is 0.690. The number of carbonyl (C=O) groups is 1. The summed E-state index contributed by atoms with van der Waals surface area (Å²) >= 11 is 1.54. The Morgan fingerprint density at radius 1 is 1.38 bits per heavy atom. The summed E-state index contributed by atoms with van der Waals surface area (Å²) in [4.78, 5) is 11.4. The van der Waals surface area contributed by atoms with E-state index in [0.29, 0.717) is 0 Å². The Labute approximate surface area is 81.0 Å². The van der Waals surface area contributed by atoms with Crippen LogP contribution in [0.2, 0.25) is 0 Å². The summed E-state index contributed by atoms with van der Waals surface area (Å²) in [6.45, 7) is 0. The standard InChI is InChI=1S/C10H9NOS/c1-13-6-8-7-4-2-3-5-9(7)11-10(8)12/h2-6H,1H3,(H,11,12)/b8-6+. The molecule has 1 amide bonds. The van der Waals surface area contributed by atoms with E-state index in [1.54, 1.807) is 11.8 Å². The van der Waals surface area contributed by atoms with Crippen molar-refractivity contribution in [3.63, 3.8) is 0 Å². The van der Waals surface area contributed by atoms with Crippen LogP contribution in [0.25, 0.3) is 5.57 Å². The first-order valence-corrected chi connectivity index (χ1v) is 5.25. The van der Waals surface area contributed by atoms with Crippen LogP contribution in [0.5, 0.6) is 0 Å². The van der Waals surface area contributed by atoms with Gasteiger partial charge in [0.05, 0.1) is 5.57 Å². The van der Waals surface area contributed by atoms with Crippen molar-refractivity contribution in [1.82, 2.24) is 0 Å². The summed E-state index contributed by atoms with van der Waals surface area (Å²) in [5.41, 5.74) is 2.68. The first-order chi connectivity index (χ1) is 6.33. The van der Waals surface area contributed by atoms with E-state index in [1.807, 2.05) is 35.9 Å². The van der Waals surface area contributed by atoms with Gasteiger partial charge in [-0.05, 0) is 17.7 Å². The van der Waals surface area contributed by atoms with Crippen LogP contribution in [0.3, 0.4) is 0 Å². The lowest BCUT2D eigenvalue weighted by Crippen LogP contribution is -2.03. The predicted octanol–water partition coefficient (Wildman–Crippen LogP) is 2.34. The molecular formula is C10H9NOS. The topological polar surface area (TPSA) is 29.1 Å². The smallest absolute Gasteiger partial charge is 0.256 e. The second-order valence-corrected chi connectivity index (χ2v) is 3.47. The van der Waals surface area contributed by atoms with Gasteiger partial charge in [0, 0.05) is 11.3 Å². The molecule has 2 nitrogen and oxygen atoms in total. The van der Waals surface area contributed by atoms with Crippen LogP contribution in [-0.4, -0.2) is 12.2 Å². The number of carbonyl (C=O) groups excluding carboxylic acids is 1. The average Bonchev–Trinajstić information content (AvgIpc) is 2.44. The minimum absolute atomic E-state index is 0.00412. The average molecular weight is 191 g/mol. The van der Waals surface area contributed by atoms with Crippen LogP contribution in [0, 0.1) is 0 Å². The van der Waals surface area contributed by atoms with Gasteiger partial charge in [-0.3, -0.25) is 4.79 Å². The molecule has 1 aliphatic heterocycles. The highest BCUT2D eigenvalue weighted by Gasteiger charge is 2.22. The number of para-hydroxylation sites is 1. The highest BCUT2D eigenvalue weighted by atomic mass is 32.2. The molecule has 0 fully saturated rings. The normalized spacial score (nSPS) is 17.3. The third-order valence-electron chi connectivity index (χ3n) is 1.95. The van der Waals surface area contributed by atoms with Gasteiger partial charge in [-0.15, -0.1) is 11.8 Å². The zero-order chi connectivity index (χ0) is 9.26. The van der Waals surface area contributed by atoms with Crippen LogP contribution < -0.4 is 5.32 Å². The predicted molar refractivity (Wildman–Crippen MR) is 56.6 cm³/mol. The largest absolute Gasteiger partial charge is 0.321 e. The van der Waals surface area contributed by atoms with E-state index < -0.39 is 0 Å². The molecule has 1 N–H and O–H groups in total. The van der Waals surface area contributed by atoms with Gasteiger partial charge in [0.25, 0.3) is 5.91 Å². The summed E-state index contributed by atoms with van der Waals surface area (Å²) in [6.07, 6.45) is 1.95. The first kappa shape index (κ1) is 8.38. The fourth-order valence-corrected chi connectivity index (χ4v) is 1.84. The van der Waals surface area contributed by atoms with E-state index in [-0.39, 0.29) is 5.91 Å². The van der Waals surface area contributed by atoms with Crippen molar-refractivity contribution >= 4 is 28.9 Å². The molecule has 2 rings (SSSR count). The van der Waals surface area contributed by atoms with E-state index in [0.717, 1.165) is 16.8 Å². The van der Waals surface area contributed by atoms with E-state index in [4.69, 9.17) is 0 Å². The molecule has 3 heteroatoms. The van der Waals surface area contributed by atoms with Gasteiger partial charge in [-0.25, -0.2) is 0 Å². The molecule has 0 spiro atoms. The maximum atomic E-state index is 11.4. The van der Waals surface area contributed by atoms with E-state index in [1.165, 1.54) is 0 Å². The monoisotopic (exact) mass is 191 g/mol. The van der Waals surface area contributed by atoms with E-state index in [2.05, 4.69) is 5.32 Å². The summed E-state index contributed by atoms with van der Waals surface area (Å²) in [7, 11) is 0. The lowest BCUT2D eigenvalue weighted by atomic mass is 10.1. The van der Waals surface area contributed by atoms with Crippen LogP contribution in [0.1, 0.15) is 5.56 Å². The SMILES string of the molecule is CS/C=C1/C(=O)Nc2ccccc21. The Kier molecular flexibility index (Phi) is 2.10. The van der Waals surface area contributed by atoms with E-state index >= 15 is 0 Å². The Morgan fingerprint density at radius 2 is 2.15 bits per heavy atom. The molecule has 0 radical (unpaired) electrons. The van der Waals surface area contributed by atoms with Crippen molar-refractivity contribution in [2.75, 3.05) is 11.6 Å². The van der Waals surface area contributed by atoms with Crippen molar-refractivity contribution in [2.24, 2.45) is 0 Å². The van der Waals surface area contributed by atoms with Crippen molar-refractivity contribution in [2.45, 2.75) is 0 Å². The molecule has 0 unspecified atom stereocenters. The van der Waals surface area contributed by atoms with Crippen molar-refractivity contribution < 1.29 is 4.79 Å². The molecule has 0 aliphatic carbocycles. The van der Waals surface area contributed by atoms with Crippen LogP contribution in [0.15, 0.2) is 29.7 Å². The molecular weight excluding hydrogens is 182 g/mol. The zero-order valence-corrected chi connectivity index (χ0v) is 8.02. The molecule has 1 aromatic carbocycles. The minimum atomic E-state index is -0.00412. The van der Waals surface area contributed by atoms with Gasteiger partial charge in [-0.2, -0.15) is 0 Å². The molecule has 0 saturated carbocycles. The number of anilines is 1. The van der Waals surface area contributed by atoms with Gasteiger partial charge in [0.15, 0.2) is 0 Å². The first-order valence-electron chi connectivity index (χ1n) is 3.96. The zero-order valence-electron chi connectivity index (χ0n) is 7.20. The second kappa shape index (κ2) is 3.26. The number of hydrogen-bond donors (Lipinski definition) is 1. The van der Waals surface area contributed by atoms with E-state index in [9.17, 15) is 4.79 Å². The second-order valence-electron chi connectivity index (χ2n) is 2.77. The molecule has 1 heterocycles. The van der Waals surface area contributed by atoms with Gasteiger partial charge in [0.2, 0.25) is 0 Å². The summed E-state index contributed by atoms with van der Waals surface area (Å²) in [6, 6.07) is 7.72. The molecule has 1 aliphatic rings. The molecule has 13 heavy (non-hydrogen) atoms. The Hall–Kier alpha value is -1.22. The molecule has 0 atom stereocenters. The molecule has 0 aromatic heterocycles. The van der Waals surface area contributed by atoms with Crippen molar-refractivity contribution in [1.29, 1.82) is 0 Å². The minimum Gasteiger partial charge on any atom is -0.321 e. The van der Waals surface area contributed by atoms with Gasteiger partial charge in [-0.1, -0.05) is 18.2 Å². The number of nitrogens with one attached hydrogen (secondary N) is 1. The molecule has 1 aromatic rings. The fourth-order valence-electron chi connectivity index (χ4n) is 1.37. The Balaban J connectivity index is 2.53. The van der Waals surface area contributed by atoms with Gasteiger partial charge in [0.1, 0.15) is 0 Å². The number of benzene rings is 1. The lowest BCUT2D eigenvalue weighted by molar-refractivity contribution is -0.110. The molecule has 0 saturated heterocycles. The number of fused-ring (bicyclic) bond motifs is 1. The summed E-state index contributed by atoms with van der Waals surface area (Å²) in [5, 5.41) is 4.69. The lowest BCUT2D eigenvalue weighted by Gasteiger charge is -1.94. The van der Waals surface area contributed by atoms with Crippen molar-refractivity contribution in [3.05, 3.63) is 35.2 Å². The Morgan fingerprint density at radius 3 is 2.92 bits per heavy atom. The number of thioether (sulfide) groups is 1. The molecule has 0 bridgehead atoms. The number of rotatable bonds is 1. The molecule has 66 valence electrons. The highest BCUT2D eigenvalue weighted by Crippen LogP contribution is 2.32. The maximum absolute atomic E-state index is 11.4. The maximum Gasteiger partial charge on any atom is 0.256 e. The van der Waals surface area contributed by atoms with Gasteiger partial charge < -0.3 is 5.32 Å². The summed E-state index contributed by atoms with van der Waals surface area (Å²) in [5.74, 6) is -0.00412. The fraction of sp³-hybridized carbons (Fsp3) is 0.100. The number of hydrogen-bond acceptors (Lipinski definition) is 2. The summed E-state index contributed by atoms with van der Waals surface area (Å²) < 4.78 is 0. The number of amides is 1. The van der Waals surface area contributed by atoms with Crippen molar-refractivity contribution in [3.8, 4) is 0 Å². The Bertz CT molecular complexity index is 384. The highest BCUT2D eigenvalue weighted by molar-refractivity contribution is 8.01. The third kappa shape index (κ3) is 1.35. The third-order valence-corrected chi connectivity index (χ3v) is 2.42.